The van der Waals surface area contributed by atoms with E-state index in [4.69, 9.17) is 4.74 Å². The van der Waals surface area contributed by atoms with Gasteiger partial charge in [-0.3, -0.25) is 14.8 Å². The molecule has 6 heteroatoms. The summed E-state index contributed by atoms with van der Waals surface area (Å²) >= 11 is 0. The number of carbonyl (C=O) groups excluding carboxylic acids is 1. The highest BCUT2D eigenvalue weighted by Gasteiger charge is 2.29. The zero-order valence-electron chi connectivity index (χ0n) is 12.2. The van der Waals surface area contributed by atoms with Gasteiger partial charge in [0.1, 0.15) is 0 Å². The van der Waals surface area contributed by atoms with E-state index < -0.39 is 0 Å². The smallest absolute Gasteiger partial charge is 0.274 e. The van der Waals surface area contributed by atoms with Crippen molar-refractivity contribution < 1.29 is 9.53 Å². The van der Waals surface area contributed by atoms with Crippen LogP contribution < -0.4 is 0 Å². The minimum absolute atomic E-state index is 0.0383. The molecule has 3 heterocycles. The molecule has 1 N–H and O–H groups in total. The van der Waals surface area contributed by atoms with Crippen LogP contribution in [0.2, 0.25) is 0 Å². The fourth-order valence-electron chi connectivity index (χ4n) is 2.85. The quantitative estimate of drug-likeness (QED) is 0.863. The Bertz CT molecular complexity index is 491. The highest BCUT2D eigenvalue weighted by Crippen LogP contribution is 2.23. The highest BCUT2D eigenvalue weighted by molar-refractivity contribution is 5.94. The molecular formula is C14H22N4O2. The molecule has 0 unspecified atom stereocenters. The third-order valence-corrected chi connectivity index (χ3v) is 4.19. The number of H-pyrrole nitrogens is 1. The summed E-state index contributed by atoms with van der Waals surface area (Å²) in [5.41, 5.74) is 2.81. The van der Waals surface area contributed by atoms with E-state index >= 15 is 0 Å². The summed E-state index contributed by atoms with van der Waals surface area (Å²) in [6.07, 6.45) is 0.941. The Morgan fingerprint density at radius 3 is 2.75 bits per heavy atom. The Balaban J connectivity index is 1.81. The second-order valence-corrected chi connectivity index (χ2v) is 5.75. The van der Waals surface area contributed by atoms with Gasteiger partial charge in [-0.2, -0.15) is 5.10 Å². The zero-order chi connectivity index (χ0) is 14.1. The lowest BCUT2D eigenvalue weighted by Crippen LogP contribution is -2.42. The molecule has 0 atom stereocenters. The molecule has 110 valence electrons. The molecule has 1 aromatic heterocycles. The average Bonchev–Trinajstić information content (AvgIpc) is 2.90. The Kier molecular flexibility index (Phi) is 3.76. The average molecular weight is 278 g/mol. The molecule has 0 saturated carbocycles. The van der Waals surface area contributed by atoms with Crippen LogP contribution in [-0.4, -0.2) is 64.8 Å². The van der Waals surface area contributed by atoms with Crippen molar-refractivity contribution in [2.24, 2.45) is 0 Å². The lowest BCUT2D eigenvalue weighted by molar-refractivity contribution is 0.0297. The number of morpholine rings is 1. The van der Waals surface area contributed by atoms with E-state index in [1.54, 1.807) is 0 Å². The molecule has 1 saturated heterocycles. The van der Waals surface area contributed by atoms with Gasteiger partial charge in [0.15, 0.2) is 5.69 Å². The summed E-state index contributed by atoms with van der Waals surface area (Å²) in [5, 5.41) is 7.33. The molecule has 2 aliphatic heterocycles. The van der Waals surface area contributed by atoms with Crippen molar-refractivity contribution in [3.8, 4) is 0 Å². The molecule has 0 spiro atoms. The first-order chi connectivity index (χ1) is 9.66. The normalized spacial score (nSPS) is 20.2. The predicted molar refractivity (Wildman–Crippen MR) is 74.6 cm³/mol. The Morgan fingerprint density at radius 1 is 1.30 bits per heavy atom. The molecule has 0 aromatic carbocycles. The molecule has 0 radical (unpaired) electrons. The summed E-state index contributed by atoms with van der Waals surface area (Å²) < 4.78 is 5.30. The maximum Gasteiger partial charge on any atom is 0.274 e. The van der Waals surface area contributed by atoms with Gasteiger partial charge >= 0.3 is 0 Å². The largest absolute Gasteiger partial charge is 0.378 e. The fourth-order valence-corrected chi connectivity index (χ4v) is 2.85. The number of hydrogen-bond donors (Lipinski definition) is 1. The van der Waals surface area contributed by atoms with Crippen LogP contribution in [0.3, 0.4) is 0 Å². The predicted octanol–water partition coefficient (Wildman–Crippen LogP) is 0.649. The van der Waals surface area contributed by atoms with Gasteiger partial charge in [-0.25, -0.2) is 0 Å². The third kappa shape index (κ3) is 2.45. The van der Waals surface area contributed by atoms with Crippen LogP contribution >= 0.6 is 0 Å². The van der Waals surface area contributed by atoms with Gasteiger partial charge in [-0.05, 0) is 13.8 Å². The number of carbonyl (C=O) groups is 1. The number of nitrogens with one attached hydrogen (secondary N) is 1. The fraction of sp³-hybridized carbons (Fsp3) is 0.714. The van der Waals surface area contributed by atoms with E-state index in [2.05, 4.69) is 28.9 Å². The van der Waals surface area contributed by atoms with Crippen LogP contribution in [0, 0.1) is 0 Å². The first kappa shape index (κ1) is 13.6. The maximum atomic E-state index is 12.6. The summed E-state index contributed by atoms with van der Waals surface area (Å²) in [6.45, 7) is 8.78. The number of ether oxygens (including phenoxy) is 1. The van der Waals surface area contributed by atoms with Gasteiger partial charge in [-0.1, -0.05) is 0 Å². The monoisotopic (exact) mass is 278 g/mol. The SMILES string of the molecule is CC(C)N1CCc2[nH]nc(C(=O)N3CCOCC3)c2C1. The Hall–Kier alpha value is -1.40. The molecule has 20 heavy (non-hydrogen) atoms. The van der Waals surface area contributed by atoms with Gasteiger partial charge in [0, 0.05) is 49.9 Å². The maximum absolute atomic E-state index is 12.6. The number of nitrogens with zero attached hydrogens (tertiary/aromatic N) is 3. The second kappa shape index (κ2) is 5.54. The van der Waals surface area contributed by atoms with Crippen LogP contribution in [0.15, 0.2) is 0 Å². The molecule has 2 aliphatic rings. The van der Waals surface area contributed by atoms with Crippen LogP contribution in [0.4, 0.5) is 0 Å². The summed E-state index contributed by atoms with van der Waals surface area (Å²) in [7, 11) is 0. The molecule has 3 rings (SSSR count). The van der Waals surface area contributed by atoms with Gasteiger partial charge in [0.2, 0.25) is 0 Å². The molecule has 0 aliphatic carbocycles. The minimum Gasteiger partial charge on any atom is -0.378 e. The van der Waals surface area contributed by atoms with Crippen LogP contribution in [0.5, 0.6) is 0 Å². The van der Waals surface area contributed by atoms with Gasteiger partial charge < -0.3 is 9.64 Å². The van der Waals surface area contributed by atoms with Crippen molar-refractivity contribution >= 4 is 5.91 Å². The van der Waals surface area contributed by atoms with E-state index in [0.29, 0.717) is 38.0 Å². The van der Waals surface area contributed by atoms with Crippen molar-refractivity contribution in [2.45, 2.75) is 32.9 Å². The van der Waals surface area contributed by atoms with Crippen LogP contribution in [-0.2, 0) is 17.7 Å². The van der Waals surface area contributed by atoms with Crippen molar-refractivity contribution in [2.75, 3.05) is 32.8 Å². The van der Waals surface area contributed by atoms with Gasteiger partial charge in [0.25, 0.3) is 5.91 Å². The first-order valence-electron chi connectivity index (χ1n) is 7.34. The van der Waals surface area contributed by atoms with E-state index in [1.807, 2.05) is 4.90 Å². The van der Waals surface area contributed by atoms with Crippen molar-refractivity contribution in [3.63, 3.8) is 0 Å². The number of hydrogen-bond acceptors (Lipinski definition) is 4. The van der Waals surface area contributed by atoms with Gasteiger partial charge in [0.05, 0.1) is 13.2 Å². The number of fused-ring (bicyclic) bond motifs is 1. The van der Waals surface area contributed by atoms with E-state index in [9.17, 15) is 4.79 Å². The number of amides is 1. The number of aromatic amines is 1. The second-order valence-electron chi connectivity index (χ2n) is 5.75. The zero-order valence-corrected chi connectivity index (χ0v) is 12.2. The topological polar surface area (TPSA) is 61.5 Å². The van der Waals surface area contributed by atoms with E-state index in [1.165, 1.54) is 0 Å². The summed E-state index contributed by atoms with van der Waals surface area (Å²) in [5.74, 6) is 0.0383. The third-order valence-electron chi connectivity index (χ3n) is 4.19. The van der Waals surface area contributed by atoms with Crippen LogP contribution in [0.1, 0.15) is 35.6 Å². The molecule has 1 amide bonds. The molecular weight excluding hydrogens is 256 g/mol. The van der Waals surface area contributed by atoms with Crippen LogP contribution in [0.25, 0.3) is 0 Å². The minimum atomic E-state index is 0.0383. The Labute approximate surface area is 119 Å². The summed E-state index contributed by atoms with van der Waals surface area (Å²) in [6, 6.07) is 0.490. The first-order valence-corrected chi connectivity index (χ1v) is 7.34. The van der Waals surface area contributed by atoms with Crippen molar-refractivity contribution in [3.05, 3.63) is 17.0 Å². The highest BCUT2D eigenvalue weighted by atomic mass is 16.5. The Morgan fingerprint density at radius 2 is 2.05 bits per heavy atom. The van der Waals surface area contributed by atoms with Gasteiger partial charge in [-0.15, -0.1) is 0 Å². The van der Waals surface area contributed by atoms with E-state index in [0.717, 1.165) is 30.8 Å². The standard InChI is InChI=1S/C14H22N4O2/c1-10(2)18-4-3-12-11(9-18)13(16-15-12)14(19)17-5-7-20-8-6-17/h10H,3-9H2,1-2H3,(H,15,16). The molecule has 1 fully saturated rings. The lowest BCUT2D eigenvalue weighted by atomic mass is 10.0. The van der Waals surface area contributed by atoms with Crippen molar-refractivity contribution in [1.29, 1.82) is 0 Å². The molecule has 0 bridgehead atoms. The molecule has 6 nitrogen and oxygen atoms in total. The molecule has 1 aromatic rings. The number of rotatable bonds is 2. The van der Waals surface area contributed by atoms with Crippen molar-refractivity contribution in [1.82, 2.24) is 20.0 Å². The summed E-state index contributed by atoms with van der Waals surface area (Å²) in [4.78, 5) is 16.8. The lowest BCUT2D eigenvalue weighted by Gasteiger charge is -2.31. The number of aromatic nitrogens is 2. The van der Waals surface area contributed by atoms with E-state index in [-0.39, 0.29) is 5.91 Å².